The minimum atomic E-state index is -0.610. The molecule has 4 aliphatic rings. The lowest BCUT2D eigenvalue weighted by Crippen LogP contribution is -2.53. The van der Waals surface area contributed by atoms with Crippen molar-refractivity contribution < 1.29 is 33.6 Å². The summed E-state index contributed by atoms with van der Waals surface area (Å²) >= 11 is 0. The molecule has 1 N–H and O–H groups in total. The van der Waals surface area contributed by atoms with Gasteiger partial charge >= 0.3 is 5.97 Å². The highest BCUT2D eigenvalue weighted by molar-refractivity contribution is 5.81. The number of aliphatic hydroxyl groups excluding tert-OH is 1. The average Bonchev–Trinajstić information content (AvgIpc) is 3.76. The largest absolute Gasteiger partial charge is 0.453 e. The van der Waals surface area contributed by atoms with Crippen molar-refractivity contribution in [1.29, 1.82) is 0 Å². The fraction of sp³-hybridized carbons (Fsp3) is 0.526. The molecule has 0 spiro atoms. The second-order valence-electron chi connectivity index (χ2n) is 14.2. The molecule has 4 heterocycles. The third kappa shape index (κ3) is 18.0. The molecule has 7 nitrogen and oxygen atoms in total. The molecule has 0 amide bonds. The zero-order chi connectivity index (χ0) is 34.4. The van der Waals surface area contributed by atoms with Crippen molar-refractivity contribution in [2.75, 3.05) is 13.2 Å². The molecule has 4 aliphatic heterocycles. The minimum Gasteiger partial charge on any atom is -0.453 e. The monoisotopic (exact) mass is 899 g/mol. The Kier molecular flexibility index (Phi) is 42.4. The van der Waals surface area contributed by atoms with Gasteiger partial charge in [-0.2, -0.15) is 0 Å². The van der Waals surface area contributed by atoms with Crippen LogP contribution in [0.4, 0.5) is 0 Å². The maximum absolute atomic E-state index is 12.1. The van der Waals surface area contributed by atoms with E-state index in [4.69, 9.17) is 23.7 Å². The van der Waals surface area contributed by atoms with Crippen molar-refractivity contribution in [1.82, 2.24) is 0 Å². The van der Waals surface area contributed by atoms with Crippen LogP contribution in [0.15, 0.2) is 134 Å². The van der Waals surface area contributed by atoms with E-state index in [1.165, 1.54) is 28.3 Å². The zero-order valence-corrected chi connectivity index (χ0v) is 28.3. The van der Waals surface area contributed by atoms with Crippen molar-refractivity contribution in [3.05, 3.63) is 156 Å². The van der Waals surface area contributed by atoms with Gasteiger partial charge in [0.2, 0.25) is 0 Å². The lowest BCUT2D eigenvalue weighted by Gasteiger charge is -2.45. The molecular formula is C57H102O7. The topological polar surface area (TPSA) is 83.5 Å². The van der Waals surface area contributed by atoms with Gasteiger partial charge in [0.05, 0.1) is 25.4 Å². The van der Waals surface area contributed by atoms with E-state index in [1.807, 2.05) is 48.5 Å². The Morgan fingerprint density at radius 1 is 0.516 bits per heavy atom. The van der Waals surface area contributed by atoms with Gasteiger partial charge in [0.1, 0.15) is 6.10 Å². The normalized spacial score (nSPS) is 21.1. The summed E-state index contributed by atoms with van der Waals surface area (Å²) in [4.78, 5) is 12.1. The van der Waals surface area contributed by atoms with Crippen LogP contribution in [0.2, 0.25) is 0 Å². The number of aliphatic hydroxyl groups is 1. The van der Waals surface area contributed by atoms with E-state index in [2.05, 4.69) is 79.4 Å². The SMILES string of the molecule is C.C.C.C.C.C.C.C.C.C.C.C.C.C.C=CC(=O)O[C@@H]1[C@@H]2OC[C@H](CC1(Cc1ccccc1)Cc1ccccc1)O2.O[C@@H]1[C@@H]2OC[C@H](CC1(Cc1ccccc1)Cc1ccccc1)O2. The van der Waals surface area contributed by atoms with E-state index in [9.17, 15) is 9.90 Å². The molecule has 4 aromatic rings. The Morgan fingerprint density at radius 3 is 1.16 bits per heavy atom. The van der Waals surface area contributed by atoms with Crippen LogP contribution in [-0.2, 0) is 54.2 Å². The van der Waals surface area contributed by atoms with E-state index in [1.54, 1.807) is 0 Å². The molecule has 0 unspecified atom stereocenters. The van der Waals surface area contributed by atoms with Gasteiger partial charge in [0.25, 0.3) is 0 Å². The van der Waals surface area contributed by atoms with Crippen LogP contribution in [0.25, 0.3) is 0 Å². The van der Waals surface area contributed by atoms with Crippen molar-refractivity contribution in [2.24, 2.45) is 10.8 Å². The van der Waals surface area contributed by atoms with Crippen molar-refractivity contribution in [3.63, 3.8) is 0 Å². The summed E-state index contributed by atoms with van der Waals surface area (Å²) < 4.78 is 29.0. The van der Waals surface area contributed by atoms with Gasteiger partial charge in [-0.25, -0.2) is 4.79 Å². The third-order valence-electron chi connectivity index (χ3n) is 10.6. The lowest BCUT2D eigenvalue weighted by atomic mass is 9.67. The predicted molar refractivity (Wildman–Crippen MR) is 284 cm³/mol. The Morgan fingerprint density at radius 2 is 0.812 bits per heavy atom. The first-order valence-corrected chi connectivity index (χ1v) is 17.6. The van der Waals surface area contributed by atoms with Crippen LogP contribution in [0, 0.1) is 10.8 Å². The standard InChI is InChI=1S/C23H24O4.C20H22O3.14CH4/c1-2-20(24)27-21-22-25-16-19(26-22)15-23(21,13-17-9-5-3-6-10-17)14-18-11-7-4-8-12-18;21-18-19-22-14-17(23-19)13-20(18,11-15-7-3-1-4-8-15)12-16-9-5-2-6-10-16;;;;;;;;;;;;;;/h2-12,19,21-22H,1,13-16H2;1-10,17-19,21H,11-14H2;14*1H4/t19-,21+,22+;17-,18+,19+;;;;;;;;;;;;;;/m00............../s1. The summed E-state index contributed by atoms with van der Waals surface area (Å²) in [6.07, 6.45) is 4.08. The van der Waals surface area contributed by atoms with E-state index >= 15 is 0 Å². The van der Waals surface area contributed by atoms with Gasteiger partial charge in [-0.1, -0.05) is 232 Å². The Hall–Kier alpha value is -4.11. The highest BCUT2D eigenvalue weighted by Gasteiger charge is 2.56. The van der Waals surface area contributed by atoms with Gasteiger partial charge in [-0.05, 0) is 60.8 Å². The minimum absolute atomic E-state index is 0. The molecule has 0 aliphatic carbocycles. The Balaban J connectivity index is -0.000000135. The number of rotatable bonds is 10. The maximum atomic E-state index is 12.1. The van der Waals surface area contributed by atoms with Gasteiger partial charge in [-0.15, -0.1) is 0 Å². The molecule has 6 atom stereocenters. The number of benzene rings is 4. The second-order valence-corrected chi connectivity index (χ2v) is 14.2. The molecule has 0 radical (unpaired) electrons. The molecular weight excluding hydrogens is 797 g/mol. The van der Waals surface area contributed by atoms with Crippen LogP contribution >= 0.6 is 0 Å². The van der Waals surface area contributed by atoms with E-state index in [-0.39, 0.29) is 127 Å². The fourth-order valence-electron chi connectivity index (χ4n) is 8.39. The molecule has 7 heteroatoms. The summed E-state index contributed by atoms with van der Waals surface area (Å²) in [6.45, 7) is 4.68. The zero-order valence-electron chi connectivity index (χ0n) is 28.3. The number of esters is 1. The Labute approximate surface area is 398 Å². The third-order valence-corrected chi connectivity index (χ3v) is 10.6. The summed E-state index contributed by atoms with van der Waals surface area (Å²) in [6, 6.07) is 41.5. The predicted octanol–water partition coefficient (Wildman–Crippen LogP) is 15.6. The molecule has 0 aromatic heterocycles. The van der Waals surface area contributed by atoms with Crippen molar-refractivity contribution in [3.8, 4) is 0 Å². The van der Waals surface area contributed by atoms with Crippen LogP contribution < -0.4 is 0 Å². The first kappa shape index (κ1) is 77.1. The summed E-state index contributed by atoms with van der Waals surface area (Å²) in [5.74, 6) is -0.442. The molecule has 64 heavy (non-hydrogen) atoms. The molecule has 4 aromatic carbocycles. The van der Waals surface area contributed by atoms with Crippen LogP contribution in [-0.4, -0.2) is 61.3 Å². The first-order chi connectivity index (χ1) is 24.4. The lowest BCUT2D eigenvalue weighted by molar-refractivity contribution is -0.221. The number of hydrogen-bond acceptors (Lipinski definition) is 7. The molecule has 8 rings (SSSR count). The van der Waals surface area contributed by atoms with Gasteiger partial charge < -0.3 is 28.8 Å². The average molecular weight is 899 g/mol. The number of carbonyl (C=O) groups excluding carboxylic acids is 1. The number of ether oxygens (including phenoxy) is 5. The van der Waals surface area contributed by atoms with Gasteiger partial charge in [0, 0.05) is 16.9 Å². The number of fused-ring (bicyclic) bond motifs is 4. The van der Waals surface area contributed by atoms with Crippen molar-refractivity contribution >= 4 is 5.97 Å². The van der Waals surface area contributed by atoms with E-state index in [0.717, 1.165) is 38.5 Å². The quantitative estimate of drug-likeness (QED) is 0.125. The van der Waals surface area contributed by atoms with E-state index < -0.39 is 30.8 Å². The molecule has 4 fully saturated rings. The van der Waals surface area contributed by atoms with Crippen LogP contribution in [0.5, 0.6) is 0 Å². The fourth-order valence-corrected chi connectivity index (χ4v) is 8.39. The van der Waals surface area contributed by atoms with Gasteiger partial charge in [0.15, 0.2) is 18.7 Å². The molecule has 4 saturated heterocycles. The summed E-state index contributed by atoms with van der Waals surface area (Å²) in [7, 11) is 0. The number of carbonyl (C=O) groups is 1. The second kappa shape index (κ2) is 35.2. The highest BCUT2D eigenvalue weighted by atomic mass is 16.7. The maximum Gasteiger partial charge on any atom is 0.330 e. The van der Waals surface area contributed by atoms with E-state index in [0.29, 0.717) is 13.2 Å². The van der Waals surface area contributed by atoms with Gasteiger partial charge in [-0.3, -0.25) is 0 Å². The smallest absolute Gasteiger partial charge is 0.330 e. The first-order valence-electron chi connectivity index (χ1n) is 17.6. The van der Waals surface area contributed by atoms with Crippen LogP contribution in [0.1, 0.15) is 139 Å². The number of hydrogen-bond donors (Lipinski definition) is 1. The van der Waals surface area contributed by atoms with Crippen molar-refractivity contribution in [2.45, 2.75) is 179 Å². The molecule has 4 bridgehead atoms. The summed E-state index contributed by atoms with van der Waals surface area (Å²) in [5.41, 5.74) is 4.40. The molecule has 0 saturated carbocycles. The Bertz CT molecular complexity index is 1600. The summed E-state index contributed by atoms with van der Waals surface area (Å²) in [5, 5.41) is 11.0. The highest BCUT2D eigenvalue weighted by Crippen LogP contribution is 2.48. The molecule has 372 valence electrons. The van der Waals surface area contributed by atoms with Crippen LogP contribution in [0.3, 0.4) is 0 Å².